The molecule has 164 valence electrons. The largest absolute Gasteiger partial charge is 0.353 e. The van der Waals surface area contributed by atoms with E-state index in [0.29, 0.717) is 37.3 Å². The van der Waals surface area contributed by atoms with E-state index < -0.39 is 18.1 Å². The van der Waals surface area contributed by atoms with Crippen LogP contribution in [0.2, 0.25) is 5.02 Å². The minimum Gasteiger partial charge on any atom is -0.353 e. The van der Waals surface area contributed by atoms with Gasteiger partial charge in [0.15, 0.2) is 0 Å². The molecule has 0 saturated heterocycles. The summed E-state index contributed by atoms with van der Waals surface area (Å²) in [5.41, 5.74) is 6.79. The van der Waals surface area contributed by atoms with Gasteiger partial charge < -0.3 is 21.7 Å². The van der Waals surface area contributed by atoms with Gasteiger partial charge in [0.1, 0.15) is 6.04 Å². The molecular formula is C22H31ClN4O3. The molecule has 3 atom stereocenters. The van der Waals surface area contributed by atoms with Crippen LogP contribution in [0, 0.1) is 5.92 Å². The molecule has 5 N–H and O–H groups in total. The number of hydrogen-bond acceptors (Lipinski definition) is 4. The Kier molecular flexibility index (Phi) is 9.33. The van der Waals surface area contributed by atoms with Gasteiger partial charge in [-0.05, 0) is 43.2 Å². The zero-order chi connectivity index (χ0) is 22.1. The van der Waals surface area contributed by atoms with Gasteiger partial charge >= 0.3 is 0 Å². The van der Waals surface area contributed by atoms with Crippen LogP contribution in [0.1, 0.15) is 38.7 Å². The summed E-state index contributed by atoms with van der Waals surface area (Å²) in [6, 6.07) is 5.52. The molecule has 0 spiro atoms. The highest BCUT2D eigenvalue weighted by Gasteiger charge is 2.26. The number of rotatable bonds is 5. The summed E-state index contributed by atoms with van der Waals surface area (Å²) >= 11 is 6.26. The average Bonchev–Trinajstić information content (AvgIpc) is 2.70. The van der Waals surface area contributed by atoms with E-state index in [9.17, 15) is 14.4 Å². The van der Waals surface area contributed by atoms with Crippen molar-refractivity contribution in [3.63, 3.8) is 0 Å². The number of benzene rings is 1. The molecule has 1 aliphatic heterocycles. The predicted molar refractivity (Wildman–Crippen MR) is 118 cm³/mol. The van der Waals surface area contributed by atoms with Crippen molar-refractivity contribution in [3.8, 4) is 0 Å². The molecule has 30 heavy (non-hydrogen) atoms. The Labute approximate surface area is 182 Å². The van der Waals surface area contributed by atoms with Crippen LogP contribution in [-0.2, 0) is 20.8 Å². The second-order valence-corrected chi connectivity index (χ2v) is 8.29. The number of nitrogens with two attached hydrogens (primary N) is 1. The molecule has 0 aromatic heterocycles. The second kappa shape index (κ2) is 11.7. The van der Waals surface area contributed by atoms with Crippen LogP contribution in [-0.4, -0.2) is 42.4 Å². The molecule has 1 aliphatic rings. The monoisotopic (exact) mass is 434 g/mol. The quantitative estimate of drug-likeness (QED) is 0.564. The number of hydrogen-bond donors (Lipinski definition) is 4. The SMILES string of the molecule is CC(C)[C@H](N)C(=O)N[C@H]1CCCCNC(=O)/C=C/[C@H](Cc2ccccc2Cl)NC1=O. The van der Waals surface area contributed by atoms with E-state index in [1.165, 1.54) is 6.08 Å². The van der Waals surface area contributed by atoms with Crippen molar-refractivity contribution in [2.24, 2.45) is 11.7 Å². The summed E-state index contributed by atoms with van der Waals surface area (Å²) in [5.74, 6) is -0.891. The van der Waals surface area contributed by atoms with Gasteiger partial charge in [-0.1, -0.05) is 49.7 Å². The van der Waals surface area contributed by atoms with Crippen LogP contribution in [0.25, 0.3) is 0 Å². The van der Waals surface area contributed by atoms with Crippen molar-refractivity contribution in [2.75, 3.05) is 6.54 Å². The molecule has 0 saturated carbocycles. The summed E-state index contributed by atoms with van der Waals surface area (Å²) in [4.78, 5) is 37.4. The zero-order valence-corrected chi connectivity index (χ0v) is 18.2. The van der Waals surface area contributed by atoms with Crippen molar-refractivity contribution in [1.82, 2.24) is 16.0 Å². The lowest BCUT2D eigenvalue weighted by Gasteiger charge is -2.25. The average molecular weight is 435 g/mol. The highest BCUT2D eigenvalue weighted by atomic mass is 35.5. The number of halogens is 1. The third kappa shape index (κ3) is 7.46. The fourth-order valence-electron chi connectivity index (χ4n) is 3.14. The first kappa shape index (κ1) is 23.9. The molecule has 2 rings (SSSR count). The highest BCUT2D eigenvalue weighted by molar-refractivity contribution is 6.31. The summed E-state index contributed by atoms with van der Waals surface area (Å²) in [7, 11) is 0. The Hall–Kier alpha value is -2.38. The van der Waals surface area contributed by atoms with E-state index in [1.54, 1.807) is 12.1 Å². The molecule has 7 nitrogen and oxygen atoms in total. The van der Waals surface area contributed by atoms with E-state index in [4.69, 9.17) is 17.3 Å². The number of nitrogens with one attached hydrogen (secondary N) is 3. The molecule has 0 bridgehead atoms. The van der Waals surface area contributed by atoms with E-state index in [0.717, 1.165) is 5.56 Å². The maximum Gasteiger partial charge on any atom is 0.243 e. The predicted octanol–water partition coefficient (Wildman–Crippen LogP) is 1.69. The number of carbonyl (C=O) groups excluding carboxylic acids is 3. The number of amides is 3. The summed E-state index contributed by atoms with van der Waals surface area (Å²) in [5, 5.41) is 9.14. The molecule has 0 radical (unpaired) electrons. The van der Waals surface area contributed by atoms with E-state index in [2.05, 4.69) is 16.0 Å². The van der Waals surface area contributed by atoms with E-state index >= 15 is 0 Å². The Bertz CT molecular complexity index is 781. The Balaban J connectivity index is 2.20. The van der Waals surface area contributed by atoms with E-state index in [1.807, 2.05) is 32.0 Å². The first-order valence-electron chi connectivity index (χ1n) is 10.3. The van der Waals surface area contributed by atoms with Gasteiger partial charge in [-0.25, -0.2) is 0 Å². The van der Waals surface area contributed by atoms with E-state index in [-0.39, 0.29) is 23.6 Å². The van der Waals surface area contributed by atoms with Gasteiger partial charge in [-0.15, -0.1) is 0 Å². The van der Waals surface area contributed by atoms with Crippen LogP contribution >= 0.6 is 11.6 Å². The van der Waals surface area contributed by atoms with Crippen LogP contribution < -0.4 is 21.7 Å². The lowest BCUT2D eigenvalue weighted by Crippen LogP contribution is -2.54. The molecule has 0 aliphatic carbocycles. The topological polar surface area (TPSA) is 113 Å². The Morgan fingerprint density at radius 1 is 1.27 bits per heavy atom. The maximum atomic E-state index is 13.0. The molecule has 3 amide bonds. The minimum atomic E-state index is -0.695. The molecule has 1 aromatic carbocycles. The number of carbonyl (C=O) groups is 3. The van der Waals surface area contributed by atoms with Gasteiger partial charge in [0.2, 0.25) is 17.7 Å². The first-order valence-corrected chi connectivity index (χ1v) is 10.7. The molecule has 0 unspecified atom stereocenters. The smallest absolute Gasteiger partial charge is 0.243 e. The first-order chi connectivity index (χ1) is 14.3. The van der Waals surface area contributed by atoms with Crippen molar-refractivity contribution in [1.29, 1.82) is 0 Å². The van der Waals surface area contributed by atoms with Crippen molar-refractivity contribution >= 4 is 29.3 Å². The summed E-state index contributed by atoms with van der Waals surface area (Å²) < 4.78 is 0. The van der Waals surface area contributed by atoms with Gasteiger partial charge in [0.25, 0.3) is 0 Å². The maximum absolute atomic E-state index is 13.0. The summed E-state index contributed by atoms with van der Waals surface area (Å²) in [6.07, 6.45) is 5.33. The fraction of sp³-hybridized carbons (Fsp3) is 0.500. The van der Waals surface area contributed by atoms with Gasteiger partial charge in [0, 0.05) is 17.6 Å². The molecule has 1 heterocycles. The van der Waals surface area contributed by atoms with Gasteiger partial charge in [0.05, 0.1) is 12.1 Å². The zero-order valence-electron chi connectivity index (χ0n) is 17.5. The van der Waals surface area contributed by atoms with Crippen LogP contribution in [0.5, 0.6) is 0 Å². The minimum absolute atomic E-state index is 0.0366. The van der Waals surface area contributed by atoms with Crippen LogP contribution in [0.4, 0.5) is 0 Å². The lowest BCUT2D eigenvalue weighted by atomic mass is 10.0. The Morgan fingerprint density at radius 3 is 2.70 bits per heavy atom. The summed E-state index contributed by atoms with van der Waals surface area (Å²) in [6.45, 7) is 4.23. The standard InChI is InChI=1S/C22H31ClN4O3/c1-14(2)20(24)22(30)27-18-9-5-6-12-25-19(28)11-10-16(26-21(18)29)13-15-7-3-4-8-17(15)23/h3-4,7-8,10-11,14,16,18,20H,5-6,9,12-13,24H2,1-2H3,(H,25,28)(H,26,29)(H,27,30)/b11-10+/t16-,18+,20+/m1/s1. The molecule has 1 aromatic rings. The molecular weight excluding hydrogens is 404 g/mol. The third-order valence-corrected chi connectivity index (χ3v) is 5.45. The third-order valence-electron chi connectivity index (χ3n) is 5.08. The van der Waals surface area contributed by atoms with Gasteiger partial charge in [-0.2, -0.15) is 0 Å². The lowest BCUT2D eigenvalue weighted by molar-refractivity contribution is -0.130. The van der Waals surface area contributed by atoms with Crippen LogP contribution in [0.15, 0.2) is 36.4 Å². The molecule has 8 heteroatoms. The fourth-order valence-corrected chi connectivity index (χ4v) is 3.35. The normalized spacial score (nSPS) is 22.8. The second-order valence-electron chi connectivity index (χ2n) is 7.89. The van der Waals surface area contributed by atoms with Gasteiger partial charge in [-0.3, -0.25) is 14.4 Å². The van der Waals surface area contributed by atoms with Crippen molar-refractivity contribution in [3.05, 3.63) is 47.0 Å². The molecule has 0 fully saturated rings. The van der Waals surface area contributed by atoms with Crippen molar-refractivity contribution in [2.45, 2.75) is 57.7 Å². The Morgan fingerprint density at radius 2 is 2.00 bits per heavy atom. The van der Waals surface area contributed by atoms with Crippen LogP contribution in [0.3, 0.4) is 0 Å². The van der Waals surface area contributed by atoms with Crippen molar-refractivity contribution < 1.29 is 14.4 Å². The highest BCUT2D eigenvalue weighted by Crippen LogP contribution is 2.17.